The third-order valence-electron chi connectivity index (χ3n) is 4.82. The molecule has 0 atom stereocenters. The Kier molecular flexibility index (Phi) is 5.89. The lowest BCUT2D eigenvalue weighted by Crippen LogP contribution is -2.40. The van der Waals surface area contributed by atoms with Crippen molar-refractivity contribution in [3.8, 4) is 6.07 Å². The molecule has 1 aromatic heterocycles. The van der Waals surface area contributed by atoms with Gasteiger partial charge in [0.15, 0.2) is 0 Å². The average molecular weight is 384 g/mol. The largest absolute Gasteiger partial charge is 0.465 e. The Morgan fingerprint density at radius 1 is 1.39 bits per heavy atom. The van der Waals surface area contributed by atoms with Gasteiger partial charge in [0.1, 0.15) is 23.8 Å². The molecule has 1 aliphatic rings. The number of benzene rings is 1. The average Bonchev–Trinajstić information content (AvgIpc) is 2.70. The van der Waals surface area contributed by atoms with Crippen molar-refractivity contribution in [2.75, 3.05) is 36.9 Å². The lowest BCUT2D eigenvalue weighted by Gasteiger charge is -2.32. The van der Waals surface area contributed by atoms with Gasteiger partial charge < -0.3 is 20.2 Å². The maximum atomic E-state index is 14.1. The lowest BCUT2D eigenvalue weighted by molar-refractivity contribution is 0.125. The number of hydrogen-bond acceptors (Lipinski definition) is 6. The van der Waals surface area contributed by atoms with Gasteiger partial charge in [-0.1, -0.05) is 0 Å². The number of amides is 1. The Bertz CT molecular complexity index is 892. The summed E-state index contributed by atoms with van der Waals surface area (Å²) in [6, 6.07) is 7.81. The summed E-state index contributed by atoms with van der Waals surface area (Å²) in [4.78, 5) is 22.8. The number of piperidine rings is 1. The zero-order chi connectivity index (χ0) is 20.1. The minimum atomic E-state index is -0.867. The fraction of sp³-hybridized carbons (Fsp3) is 0.368. The van der Waals surface area contributed by atoms with E-state index < -0.39 is 11.9 Å². The molecule has 9 heteroatoms. The van der Waals surface area contributed by atoms with Gasteiger partial charge in [-0.25, -0.2) is 19.2 Å². The second-order valence-electron chi connectivity index (χ2n) is 6.79. The zero-order valence-corrected chi connectivity index (χ0v) is 15.5. The molecule has 1 saturated heterocycles. The highest BCUT2D eigenvalue weighted by molar-refractivity contribution is 5.65. The van der Waals surface area contributed by atoms with E-state index in [9.17, 15) is 9.18 Å². The van der Waals surface area contributed by atoms with Gasteiger partial charge in [-0.3, -0.25) is 0 Å². The van der Waals surface area contributed by atoms with Crippen LogP contribution < -0.4 is 10.2 Å². The van der Waals surface area contributed by atoms with Crippen LogP contribution in [0.5, 0.6) is 0 Å². The first-order valence-corrected chi connectivity index (χ1v) is 8.94. The molecule has 28 heavy (non-hydrogen) atoms. The predicted molar refractivity (Wildman–Crippen MR) is 102 cm³/mol. The highest BCUT2D eigenvalue weighted by atomic mass is 19.1. The Hall–Kier alpha value is -3.41. The van der Waals surface area contributed by atoms with Crippen molar-refractivity contribution in [2.45, 2.75) is 12.8 Å². The fourth-order valence-electron chi connectivity index (χ4n) is 3.24. The Balaban J connectivity index is 1.63. The van der Waals surface area contributed by atoms with E-state index in [4.69, 9.17) is 10.4 Å². The van der Waals surface area contributed by atoms with E-state index in [1.165, 1.54) is 29.4 Å². The van der Waals surface area contributed by atoms with Crippen LogP contribution in [0.1, 0.15) is 18.4 Å². The zero-order valence-electron chi connectivity index (χ0n) is 15.5. The van der Waals surface area contributed by atoms with Gasteiger partial charge in [0, 0.05) is 32.7 Å². The quantitative estimate of drug-likeness (QED) is 0.816. The summed E-state index contributed by atoms with van der Waals surface area (Å²) in [6.07, 6.45) is 2.16. The number of aromatic nitrogens is 2. The van der Waals surface area contributed by atoms with Crippen molar-refractivity contribution >= 4 is 23.4 Å². The van der Waals surface area contributed by atoms with Crippen molar-refractivity contribution in [1.29, 1.82) is 5.26 Å². The summed E-state index contributed by atoms with van der Waals surface area (Å²) in [5, 5.41) is 20.8. The second-order valence-corrected chi connectivity index (χ2v) is 6.79. The number of nitrogens with zero attached hydrogens (tertiary/aromatic N) is 5. The van der Waals surface area contributed by atoms with Gasteiger partial charge in [0.2, 0.25) is 0 Å². The molecule has 1 aromatic carbocycles. The van der Waals surface area contributed by atoms with Crippen LogP contribution in [0.25, 0.3) is 0 Å². The van der Waals surface area contributed by atoms with Crippen molar-refractivity contribution in [1.82, 2.24) is 14.9 Å². The SMILES string of the molecule is CN(CC1CCN(C(=O)O)CC1)c1cc(Nc2ccc(C#N)cc2F)ncn1. The van der Waals surface area contributed by atoms with E-state index in [2.05, 4.69) is 15.3 Å². The molecule has 0 unspecified atom stereocenters. The Morgan fingerprint density at radius 2 is 2.14 bits per heavy atom. The number of likely N-dealkylation sites (tertiary alicyclic amines) is 1. The van der Waals surface area contributed by atoms with Gasteiger partial charge in [-0.2, -0.15) is 5.26 Å². The number of nitrogens with one attached hydrogen (secondary N) is 1. The van der Waals surface area contributed by atoms with E-state index in [0.29, 0.717) is 30.6 Å². The van der Waals surface area contributed by atoms with Crippen molar-refractivity contribution in [3.63, 3.8) is 0 Å². The van der Waals surface area contributed by atoms with Crippen LogP contribution in [0.4, 0.5) is 26.5 Å². The first-order chi connectivity index (χ1) is 13.5. The highest BCUT2D eigenvalue weighted by Gasteiger charge is 2.23. The summed E-state index contributed by atoms with van der Waals surface area (Å²) in [5.74, 6) is 0.981. The maximum absolute atomic E-state index is 14.1. The van der Waals surface area contributed by atoms with Crippen molar-refractivity contribution < 1.29 is 14.3 Å². The number of halogens is 1. The first kappa shape index (κ1) is 19.4. The summed E-state index contributed by atoms with van der Waals surface area (Å²) in [5.41, 5.74) is 0.479. The fourth-order valence-corrected chi connectivity index (χ4v) is 3.24. The molecule has 0 saturated carbocycles. The molecule has 3 rings (SSSR count). The molecule has 0 bridgehead atoms. The summed E-state index contributed by atoms with van der Waals surface area (Å²) < 4.78 is 14.1. The first-order valence-electron chi connectivity index (χ1n) is 8.94. The monoisotopic (exact) mass is 384 g/mol. The van der Waals surface area contributed by atoms with Crippen molar-refractivity contribution in [2.24, 2.45) is 5.92 Å². The molecule has 1 fully saturated rings. The minimum absolute atomic E-state index is 0.229. The van der Waals surface area contributed by atoms with E-state index in [1.807, 2.05) is 18.0 Å². The molecule has 0 spiro atoms. The normalized spacial score (nSPS) is 14.4. The Morgan fingerprint density at radius 3 is 2.79 bits per heavy atom. The molecule has 2 N–H and O–H groups in total. The van der Waals surface area contributed by atoms with Crippen LogP contribution in [-0.4, -0.2) is 52.7 Å². The van der Waals surface area contributed by atoms with Crippen LogP contribution in [-0.2, 0) is 0 Å². The second kappa shape index (κ2) is 8.52. The standard InChI is InChI=1S/C19H21FN6O2/c1-25(11-13-4-6-26(7-5-13)19(27)28)18-9-17(22-12-23-18)24-16-3-2-14(10-21)8-15(16)20/h2-3,8-9,12-13H,4-7,11H2,1H3,(H,27,28)(H,22,23,24). The van der Waals surface area contributed by atoms with Crippen LogP contribution in [0.3, 0.4) is 0 Å². The summed E-state index contributed by atoms with van der Waals surface area (Å²) in [6.45, 7) is 1.83. The van der Waals surface area contributed by atoms with Crippen molar-refractivity contribution in [3.05, 3.63) is 42.0 Å². The van der Waals surface area contributed by atoms with Crippen LogP contribution in [0.15, 0.2) is 30.6 Å². The molecule has 2 aromatic rings. The molecule has 0 aliphatic carbocycles. The molecular formula is C19H21FN6O2. The topological polar surface area (TPSA) is 105 Å². The van der Waals surface area contributed by atoms with E-state index in [-0.39, 0.29) is 11.3 Å². The van der Waals surface area contributed by atoms with Crippen LogP contribution >= 0.6 is 0 Å². The molecule has 8 nitrogen and oxygen atoms in total. The minimum Gasteiger partial charge on any atom is -0.465 e. The number of anilines is 3. The molecule has 1 aliphatic heterocycles. The number of hydrogen-bond donors (Lipinski definition) is 2. The maximum Gasteiger partial charge on any atom is 0.407 e. The van der Waals surface area contributed by atoms with Crippen LogP contribution in [0, 0.1) is 23.1 Å². The smallest absolute Gasteiger partial charge is 0.407 e. The third-order valence-corrected chi connectivity index (χ3v) is 4.82. The summed E-state index contributed by atoms with van der Waals surface area (Å²) >= 11 is 0. The van der Waals surface area contributed by atoms with Gasteiger partial charge in [0.05, 0.1) is 17.3 Å². The summed E-state index contributed by atoms with van der Waals surface area (Å²) in [7, 11) is 1.91. The molecule has 1 amide bonds. The van der Waals surface area contributed by atoms with Gasteiger partial charge in [-0.15, -0.1) is 0 Å². The van der Waals surface area contributed by atoms with Gasteiger partial charge in [0.25, 0.3) is 0 Å². The highest BCUT2D eigenvalue weighted by Crippen LogP contribution is 2.23. The van der Waals surface area contributed by atoms with E-state index in [1.54, 1.807) is 6.07 Å². The van der Waals surface area contributed by atoms with E-state index in [0.717, 1.165) is 19.4 Å². The lowest BCUT2D eigenvalue weighted by atomic mass is 9.96. The predicted octanol–water partition coefficient (Wildman–Crippen LogP) is 3.06. The molecule has 146 valence electrons. The molecule has 0 radical (unpaired) electrons. The van der Waals surface area contributed by atoms with Gasteiger partial charge in [-0.05, 0) is 37.0 Å². The number of carboxylic acid groups (broad SMARTS) is 1. The van der Waals surface area contributed by atoms with Crippen LogP contribution in [0.2, 0.25) is 0 Å². The number of carbonyl (C=O) groups is 1. The third kappa shape index (κ3) is 4.65. The Labute approximate surface area is 162 Å². The van der Waals surface area contributed by atoms with Gasteiger partial charge >= 0.3 is 6.09 Å². The molecule has 2 heterocycles. The molecular weight excluding hydrogens is 363 g/mol. The number of rotatable bonds is 5. The van der Waals surface area contributed by atoms with E-state index >= 15 is 0 Å². The number of nitriles is 1.